The number of nitrogens with one attached hydrogen (secondary N) is 1. The van der Waals surface area contributed by atoms with Crippen LogP contribution in [0.15, 0.2) is 53.7 Å². The van der Waals surface area contributed by atoms with E-state index in [1.807, 2.05) is 0 Å². The van der Waals surface area contributed by atoms with Crippen LogP contribution < -0.4 is 10.1 Å². The van der Waals surface area contributed by atoms with Gasteiger partial charge in [0.1, 0.15) is 11.4 Å². The van der Waals surface area contributed by atoms with Crippen LogP contribution in [0, 0.1) is 13.8 Å². The lowest BCUT2D eigenvalue weighted by atomic mass is 10.1. The molecule has 0 spiro atoms. The minimum atomic E-state index is -4.93. The predicted octanol–water partition coefficient (Wildman–Crippen LogP) is 6.53. The Bertz CT molecular complexity index is 1780. The van der Waals surface area contributed by atoms with Crippen molar-refractivity contribution in [1.29, 1.82) is 0 Å². The molecule has 0 atom stereocenters. The highest BCUT2D eigenvalue weighted by atomic mass is 35.5. The van der Waals surface area contributed by atoms with Gasteiger partial charge in [-0.1, -0.05) is 41.4 Å². The highest BCUT2D eigenvalue weighted by molar-refractivity contribution is 7.91. The molecule has 1 amide bonds. The van der Waals surface area contributed by atoms with E-state index in [2.05, 4.69) is 20.4 Å². The van der Waals surface area contributed by atoms with Gasteiger partial charge in [-0.2, -0.15) is 18.3 Å². The maximum atomic E-state index is 13.6. The Labute approximate surface area is 255 Å². The zero-order valence-corrected chi connectivity index (χ0v) is 25.5. The summed E-state index contributed by atoms with van der Waals surface area (Å²) in [4.78, 5) is 19.9. The molecule has 4 aromatic rings. The maximum absolute atomic E-state index is 13.6. The average Bonchev–Trinajstić information content (AvgIpc) is 3.21. The van der Waals surface area contributed by atoms with Gasteiger partial charge < -0.3 is 10.1 Å². The van der Waals surface area contributed by atoms with Crippen LogP contribution >= 0.6 is 23.2 Å². The highest BCUT2D eigenvalue weighted by Gasteiger charge is 2.35. The summed E-state index contributed by atoms with van der Waals surface area (Å²) in [5, 5.41) is 7.03. The van der Waals surface area contributed by atoms with Crippen LogP contribution in [0.1, 0.15) is 35.5 Å². The Kier molecular flexibility index (Phi) is 9.67. The molecule has 2 aromatic heterocycles. The fraction of sp³-hybridized carbons (Fsp3) is 0.286. The van der Waals surface area contributed by atoms with Gasteiger partial charge in [0.25, 0.3) is 0 Å². The van der Waals surface area contributed by atoms with E-state index in [1.165, 1.54) is 19.2 Å². The molecule has 4 rings (SSSR count). The van der Waals surface area contributed by atoms with Crippen LogP contribution in [-0.2, 0) is 27.4 Å². The van der Waals surface area contributed by atoms with E-state index in [1.54, 1.807) is 48.9 Å². The molecule has 0 aliphatic rings. The van der Waals surface area contributed by atoms with Gasteiger partial charge >= 0.3 is 6.18 Å². The van der Waals surface area contributed by atoms with Crippen LogP contribution in [0.5, 0.6) is 5.75 Å². The molecule has 1 N–H and O–H groups in total. The Morgan fingerprint density at radius 1 is 1.05 bits per heavy atom. The van der Waals surface area contributed by atoms with Crippen molar-refractivity contribution >= 4 is 44.6 Å². The third-order valence-electron chi connectivity index (χ3n) is 6.44. The van der Waals surface area contributed by atoms with E-state index in [4.69, 9.17) is 27.9 Å². The zero-order valence-electron chi connectivity index (χ0n) is 23.2. The SMILES string of the molecule is COc1ccccc1-c1cc(C(F)(F)F)nc(S(=O)(=O)CCCC(=O)Nc2c(C)nn(Cc3ccc(Cl)c(Cl)c3)c2C)n1. The average molecular weight is 657 g/mol. The number of para-hydroxylation sites is 1. The lowest BCUT2D eigenvalue weighted by Crippen LogP contribution is -2.18. The second-order valence-electron chi connectivity index (χ2n) is 9.54. The maximum Gasteiger partial charge on any atom is 0.433 e. The summed E-state index contributed by atoms with van der Waals surface area (Å²) < 4.78 is 73.8. The van der Waals surface area contributed by atoms with Crippen LogP contribution in [0.3, 0.4) is 0 Å². The quantitative estimate of drug-likeness (QED) is 0.193. The van der Waals surface area contributed by atoms with E-state index >= 15 is 0 Å². The van der Waals surface area contributed by atoms with Gasteiger partial charge in [-0.05, 0) is 56.2 Å². The van der Waals surface area contributed by atoms with E-state index < -0.39 is 38.5 Å². The van der Waals surface area contributed by atoms with Gasteiger partial charge in [0.2, 0.25) is 20.9 Å². The van der Waals surface area contributed by atoms with Gasteiger partial charge in [0.05, 0.1) is 52.2 Å². The molecule has 0 saturated heterocycles. The number of rotatable bonds is 10. The number of hydrogen-bond donors (Lipinski definition) is 1. The van der Waals surface area contributed by atoms with Gasteiger partial charge in [-0.25, -0.2) is 18.4 Å². The number of nitrogens with zero attached hydrogens (tertiary/aromatic N) is 4. The fourth-order valence-corrected chi connectivity index (χ4v) is 5.76. The number of carbonyl (C=O) groups is 1. The molecule has 0 radical (unpaired) electrons. The minimum Gasteiger partial charge on any atom is -0.496 e. The molecule has 0 aliphatic carbocycles. The molecule has 2 heterocycles. The molecule has 0 aliphatic heterocycles. The van der Waals surface area contributed by atoms with Gasteiger partial charge in [0.15, 0.2) is 0 Å². The van der Waals surface area contributed by atoms with Crippen molar-refractivity contribution in [3.8, 4) is 17.0 Å². The molecule has 0 fully saturated rings. The van der Waals surface area contributed by atoms with Crippen LogP contribution in [0.2, 0.25) is 10.0 Å². The van der Waals surface area contributed by atoms with Crippen molar-refractivity contribution in [2.75, 3.05) is 18.2 Å². The summed E-state index contributed by atoms with van der Waals surface area (Å²) in [5.41, 5.74) is 0.998. The third-order valence-corrected chi connectivity index (χ3v) is 8.74. The predicted molar refractivity (Wildman–Crippen MR) is 156 cm³/mol. The molecule has 15 heteroatoms. The van der Waals surface area contributed by atoms with E-state index in [-0.39, 0.29) is 29.8 Å². The van der Waals surface area contributed by atoms with Crippen LogP contribution in [0.25, 0.3) is 11.3 Å². The second kappa shape index (κ2) is 12.9. The molecule has 9 nitrogen and oxygen atoms in total. The molecule has 0 bridgehead atoms. The summed E-state index contributed by atoms with van der Waals surface area (Å²) in [5.74, 6) is -0.933. The van der Waals surface area contributed by atoms with Crippen molar-refractivity contribution in [3.63, 3.8) is 0 Å². The van der Waals surface area contributed by atoms with Crippen LogP contribution in [-0.4, -0.2) is 46.9 Å². The largest absolute Gasteiger partial charge is 0.496 e. The van der Waals surface area contributed by atoms with Crippen molar-refractivity contribution in [1.82, 2.24) is 19.7 Å². The normalized spacial score (nSPS) is 11.9. The van der Waals surface area contributed by atoms with Crippen LogP contribution in [0.4, 0.5) is 18.9 Å². The number of alkyl halides is 3. The number of halogens is 5. The summed E-state index contributed by atoms with van der Waals surface area (Å²) in [6.07, 6.45) is -5.34. The number of aryl methyl sites for hydroxylation is 1. The number of anilines is 1. The van der Waals surface area contributed by atoms with E-state index in [0.29, 0.717) is 39.7 Å². The standard InChI is InChI=1S/C28H26Cl2F3N5O4S/c1-16-26(17(2)38(37-16)15-18-10-11-20(29)21(30)13-18)36-25(39)9-6-12-43(40,41)27-34-22(14-24(35-27)28(31,32)33)19-7-4-5-8-23(19)42-3/h4-5,7-8,10-11,13-14H,6,9,12,15H2,1-3H3,(H,36,39). The summed E-state index contributed by atoms with van der Waals surface area (Å²) in [7, 11) is -3.06. The Balaban J connectivity index is 1.47. The molecular formula is C28H26Cl2F3N5O4S. The summed E-state index contributed by atoms with van der Waals surface area (Å²) in [6.45, 7) is 3.84. The molecule has 0 saturated carbocycles. The van der Waals surface area contributed by atoms with Crippen molar-refractivity contribution in [2.24, 2.45) is 0 Å². The van der Waals surface area contributed by atoms with Gasteiger partial charge in [-0.3, -0.25) is 9.48 Å². The Morgan fingerprint density at radius 2 is 1.77 bits per heavy atom. The molecular weight excluding hydrogens is 630 g/mol. The minimum absolute atomic E-state index is 0.166. The van der Waals surface area contributed by atoms with Gasteiger partial charge in [-0.15, -0.1) is 0 Å². The first-order chi connectivity index (χ1) is 20.2. The number of carbonyl (C=O) groups excluding carboxylic acids is 1. The summed E-state index contributed by atoms with van der Waals surface area (Å²) >= 11 is 12.1. The summed E-state index contributed by atoms with van der Waals surface area (Å²) in [6, 6.07) is 12.0. The molecule has 228 valence electrons. The molecule has 2 aromatic carbocycles. The Morgan fingerprint density at radius 3 is 2.44 bits per heavy atom. The topological polar surface area (TPSA) is 116 Å². The van der Waals surface area contributed by atoms with Crippen molar-refractivity contribution < 1.29 is 31.1 Å². The number of aromatic nitrogens is 4. The third kappa shape index (κ3) is 7.64. The first-order valence-corrected chi connectivity index (χ1v) is 15.2. The number of ether oxygens (including phenoxy) is 1. The van der Waals surface area contributed by atoms with Crippen molar-refractivity contribution in [2.45, 2.75) is 44.6 Å². The smallest absolute Gasteiger partial charge is 0.433 e. The number of hydrogen-bond acceptors (Lipinski definition) is 7. The Hall–Kier alpha value is -3.68. The highest BCUT2D eigenvalue weighted by Crippen LogP contribution is 2.34. The number of methoxy groups -OCH3 is 1. The van der Waals surface area contributed by atoms with Crippen molar-refractivity contribution in [3.05, 3.63) is 81.2 Å². The number of amides is 1. The monoisotopic (exact) mass is 655 g/mol. The lowest BCUT2D eigenvalue weighted by molar-refractivity contribution is -0.141. The number of benzene rings is 2. The van der Waals surface area contributed by atoms with E-state index in [9.17, 15) is 26.4 Å². The molecule has 43 heavy (non-hydrogen) atoms. The van der Waals surface area contributed by atoms with E-state index in [0.717, 1.165) is 5.56 Å². The fourth-order valence-electron chi connectivity index (χ4n) is 4.26. The lowest BCUT2D eigenvalue weighted by Gasteiger charge is -2.13. The second-order valence-corrected chi connectivity index (χ2v) is 12.4. The first-order valence-electron chi connectivity index (χ1n) is 12.8. The zero-order chi connectivity index (χ0) is 31.5. The van der Waals surface area contributed by atoms with Gasteiger partial charge in [0, 0.05) is 12.0 Å². The first kappa shape index (κ1) is 32.2. The number of sulfone groups is 1. The molecule has 0 unspecified atom stereocenters.